The van der Waals surface area contributed by atoms with E-state index in [4.69, 9.17) is 4.74 Å². The molecule has 0 spiro atoms. The lowest BCUT2D eigenvalue weighted by molar-refractivity contribution is -0.384. The van der Waals surface area contributed by atoms with Gasteiger partial charge in [0.25, 0.3) is 5.69 Å². The second-order valence-electron chi connectivity index (χ2n) is 4.15. The summed E-state index contributed by atoms with van der Waals surface area (Å²) < 4.78 is 43.5. The van der Waals surface area contributed by atoms with Crippen molar-refractivity contribution in [1.29, 1.82) is 0 Å². The average molecular weight is 301 g/mol. The van der Waals surface area contributed by atoms with Crippen LogP contribution >= 0.6 is 0 Å². The third-order valence-corrected chi connectivity index (χ3v) is 2.74. The van der Waals surface area contributed by atoms with Crippen molar-refractivity contribution in [2.45, 2.75) is 12.7 Å². The molecule has 0 aliphatic rings. The molecule has 0 saturated carbocycles. The van der Waals surface area contributed by atoms with Gasteiger partial charge in [-0.2, -0.15) is 18.3 Å². The minimum atomic E-state index is -4.53. The van der Waals surface area contributed by atoms with E-state index < -0.39 is 16.8 Å². The monoisotopic (exact) mass is 301 g/mol. The van der Waals surface area contributed by atoms with E-state index in [0.29, 0.717) is 11.3 Å². The standard InChI is InChI=1S/C12H10F3N3O3/c1-21-10-3-2-9(18(19)20)6-8(10)7-17-5-4-11(16-17)12(13,14)15/h2-6H,7H2,1H3. The average Bonchev–Trinajstić information content (AvgIpc) is 2.87. The number of nitrogens with zero attached hydrogens (tertiary/aromatic N) is 3. The SMILES string of the molecule is COc1ccc([N+](=O)[O-])cc1Cn1ccc(C(F)(F)F)n1. The fraction of sp³-hybridized carbons (Fsp3) is 0.250. The largest absolute Gasteiger partial charge is 0.496 e. The fourth-order valence-electron chi connectivity index (χ4n) is 1.78. The van der Waals surface area contributed by atoms with Crippen molar-refractivity contribution in [2.75, 3.05) is 7.11 Å². The lowest BCUT2D eigenvalue weighted by Gasteiger charge is -2.08. The Morgan fingerprint density at radius 3 is 2.62 bits per heavy atom. The molecule has 0 bridgehead atoms. The van der Waals surface area contributed by atoms with Gasteiger partial charge in [-0.1, -0.05) is 0 Å². The van der Waals surface area contributed by atoms with Crippen molar-refractivity contribution < 1.29 is 22.8 Å². The second kappa shape index (κ2) is 5.43. The van der Waals surface area contributed by atoms with Gasteiger partial charge < -0.3 is 4.74 Å². The summed E-state index contributed by atoms with van der Waals surface area (Å²) in [6.45, 7) is -0.0685. The van der Waals surface area contributed by atoms with Crippen LogP contribution < -0.4 is 4.74 Å². The maximum Gasteiger partial charge on any atom is 0.435 e. The van der Waals surface area contributed by atoms with Gasteiger partial charge >= 0.3 is 6.18 Å². The number of non-ortho nitro benzene ring substituents is 1. The molecule has 0 aliphatic heterocycles. The first-order valence-corrected chi connectivity index (χ1v) is 5.73. The number of halogens is 3. The van der Waals surface area contributed by atoms with Gasteiger partial charge in [0.1, 0.15) is 5.75 Å². The molecule has 0 saturated heterocycles. The summed E-state index contributed by atoms with van der Waals surface area (Å²) in [5, 5.41) is 14.1. The van der Waals surface area contributed by atoms with Crippen LogP contribution in [0.1, 0.15) is 11.3 Å². The zero-order valence-electron chi connectivity index (χ0n) is 10.8. The number of nitro benzene ring substituents is 1. The lowest BCUT2D eigenvalue weighted by atomic mass is 10.2. The zero-order chi connectivity index (χ0) is 15.6. The van der Waals surface area contributed by atoms with E-state index in [2.05, 4.69) is 5.10 Å². The molecule has 0 unspecified atom stereocenters. The van der Waals surface area contributed by atoms with Gasteiger partial charge in [0.05, 0.1) is 18.6 Å². The normalized spacial score (nSPS) is 11.4. The molecule has 0 atom stereocenters. The molecule has 21 heavy (non-hydrogen) atoms. The third-order valence-electron chi connectivity index (χ3n) is 2.74. The molecule has 112 valence electrons. The highest BCUT2D eigenvalue weighted by Gasteiger charge is 2.33. The van der Waals surface area contributed by atoms with Gasteiger partial charge in [0.2, 0.25) is 0 Å². The molecule has 0 amide bonds. The summed E-state index contributed by atoms with van der Waals surface area (Å²) in [6.07, 6.45) is -3.38. The topological polar surface area (TPSA) is 70.2 Å². The molecule has 9 heteroatoms. The van der Waals surface area contributed by atoms with E-state index in [-0.39, 0.29) is 12.2 Å². The third kappa shape index (κ3) is 3.30. The number of aromatic nitrogens is 2. The summed E-state index contributed by atoms with van der Waals surface area (Å²) in [4.78, 5) is 10.1. The Bertz CT molecular complexity index is 667. The maximum atomic E-state index is 12.5. The van der Waals surface area contributed by atoms with Crippen molar-refractivity contribution in [1.82, 2.24) is 9.78 Å². The molecular formula is C12H10F3N3O3. The van der Waals surface area contributed by atoms with Gasteiger partial charge in [-0.05, 0) is 12.1 Å². The van der Waals surface area contributed by atoms with Crippen molar-refractivity contribution in [3.8, 4) is 5.75 Å². The van der Waals surface area contributed by atoms with Gasteiger partial charge in [-0.15, -0.1) is 0 Å². The molecule has 1 aromatic heterocycles. The van der Waals surface area contributed by atoms with Crippen molar-refractivity contribution >= 4 is 5.69 Å². The van der Waals surface area contributed by atoms with Crippen molar-refractivity contribution in [2.24, 2.45) is 0 Å². The van der Waals surface area contributed by atoms with Crippen LogP contribution in [0.2, 0.25) is 0 Å². The van der Waals surface area contributed by atoms with Crippen LogP contribution in [0.5, 0.6) is 5.75 Å². The predicted octanol–water partition coefficient (Wildman–Crippen LogP) is 2.87. The summed E-state index contributed by atoms with van der Waals surface area (Å²) in [5.74, 6) is 0.338. The Morgan fingerprint density at radius 2 is 2.10 bits per heavy atom. The number of benzene rings is 1. The predicted molar refractivity (Wildman–Crippen MR) is 66.0 cm³/mol. The van der Waals surface area contributed by atoms with Crippen LogP contribution in [-0.4, -0.2) is 21.8 Å². The fourth-order valence-corrected chi connectivity index (χ4v) is 1.78. The van der Waals surface area contributed by atoms with Crippen LogP contribution in [0.3, 0.4) is 0 Å². The van der Waals surface area contributed by atoms with Crippen LogP contribution in [0.15, 0.2) is 30.5 Å². The highest BCUT2D eigenvalue weighted by Crippen LogP contribution is 2.28. The molecule has 1 heterocycles. The molecule has 2 rings (SSSR count). The van der Waals surface area contributed by atoms with E-state index in [1.165, 1.54) is 25.3 Å². The number of ether oxygens (including phenoxy) is 1. The Hall–Kier alpha value is -2.58. The first-order chi connectivity index (χ1) is 9.81. The number of nitro groups is 1. The zero-order valence-corrected chi connectivity index (χ0v) is 10.8. The van der Waals surface area contributed by atoms with E-state index in [0.717, 1.165) is 16.9 Å². The molecule has 0 aliphatic carbocycles. The summed E-state index contributed by atoms with van der Waals surface area (Å²) in [6, 6.07) is 4.73. The first kappa shape index (κ1) is 14.8. The Balaban J connectivity index is 2.32. The molecule has 6 nitrogen and oxygen atoms in total. The number of methoxy groups -OCH3 is 1. The highest BCUT2D eigenvalue weighted by atomic mass is 19.4. The highest BCUT2D eigenvalue weighted by molar-refractivity contribution is 5.43. The van der Waals surface area contributed by atoms with Crippen LogP contribution in [0.25, 0.3) is 0 Å². The van der Waals surface area contributed by atoms with E-state index >= 15 is 0 Å². The van der Waals surface area contributed by atoms with Crippen LogP contribution in [0.4, 0.5) is 18.9 Å². The summed E-state index contributed by atoms with van der Waals surface area (Å²) in [7, 11) is 1.37. The Kier molecular flexibility index (Phi) is 3.83. The Morgan fingerprint density at radius 1 is 1.38 bits per heavy atom. The number of alkyl halides is 3. The quantitative estimate of drug-likeness (QED) is 0.643. The number of hydrogen-bond acceptors (Lipinski definition) is 4. The van der Waals surface area contributed by atoms with Gasteiger partial charge in [-0.3, -0.25) is 14.8 Å². The lowest BCUT2D eigenvalue weighted by Crippen LogP contribution is -2.09. The number of rotatable bonds is 4. The molecule has 0 fully saturated rings. The molecular weight excluding hydrogens is 291 g/mol. The minimum absolute atomic E-state index is 0.0685. The van der Waals surface area contributed by atoms with E-state index in [1.54, 1.807) is 0 Å². The van der Waals surface area contributed by atoms with E-state index in [9.17, 15) is 23.3 Å². The molecule has 0 radical (unpaired) electrons. The molecule has 2 aromatic rings. The van der Waals surface area contributed by atoms with Gasteiger partial charge in [0, 0.05) is 23.9 Å². The minimum Gasteiger partial charge on any atom is -0.496 e. The maximum absolute atomic E-state index is 12.5. The van der Waals surface area contributed by atoms with Gasteiger partial charge in [-0.25, -0.2) is 0 Å². The van der Waals surface area contributed by atoms with Crippen molar-refractivity contribution in [3.05, 3.63) is 51.8 Å². The summed E-state index contributed by atoms with van der Waals surface area (Å²) >= 11 is 0. The smallest absolute Gasteiger partial charge is 0.435 e. The summed E-state index contributed by atoms with van der Waals surface area (Å²) in [5.41, 5.74) is -0.829. The van der Waals surface area contributed by atoms with Gasteiger partial charge in [0.15, 0.2) is 5.69 Å². The Labute approximate surface area is 116 Å². The van der Waals surface area contributed by atoms with Crippen LogP contribution in [0, 0.1) is 10.1 Å². The molecule has 0 N–H and O–H groups in total. The molecule has 1 aromatic carbocycles. The van der Waals surface area contributed by atoms with E-state index in [1.807, 2.05) is 0 Å². The number of hydrogen-bond donors (Lipinski definition) is 0. The van der Waals surface area contributed by atoms with Crippen molar-refractivity contribution in [3.63, 3.8) is 0 Å². The second-order valence-corrected chi connectivity index (χ2v) is 4.15. The van der Waals surface area contributed by atoms with Crippen LogP contribution in [-0.2, 0) is 12.7 Å². The first-order valence-electron chi connectivity index (χ1n) is 5.73.